The number of halogens is 2. The fraction of sp³-hybridized carbons (Fsp3) is 0.235. The van der Waals surface area contributed by atoms with E-state index in [1.54, 1.807) is 24.3 Å². The van der Waals surface area contributed by atoms with Crippen LogP contribution in [0.4, 0.5) is 4.39 Å². The summed E-state index contributed by atoms with van der Waals surface area (Å²) in [6, 6.07) is 10.3. The smallest absolute Gasteiger partial charge is 0.181 e. The molecule has 3 nitrogen and oxygen atoms in total. The minimum absolute atomic E-state index is 0.0542. The van der Waals surface area contributed by atoms with Gasteiger partial charge >= 0.3 is 0 Å². The van der Waals surface area contributed by atoms with E-state index < -0.39 is 5.82 Å². The van der Waals surface area contributed by atoms with Crippen LogP contribution < -0.4 is 10.5 Å². The second kappa shape index (κ2) is 7.26. The predicted octanol–water partition coefficient (Wildman–Crippen LogP) is 4.55. The van der Waals surface area contributed by atoms with Crippen molar-refractivity contribution in [1.29, 1.82) is 5.26 Å². The Morgan fingerprint density at radius 3 is 2.73 bits per heavy atom. The van der Waals surface area contributed by atoms with Crippen LogP contribution in [0.2, 0.25) is 5.02 Å². The van der Waals surface area contributed by atoms with E-state index in [0.29, 0.717) is 16.9 Å². The van der Waals surface area contributed by atoms with Crippen molar-refractivity contribution >= 4 is 11.6 Å². The molecule has 0 fully saturated rings. The molecule has 2 aromatic carbocycles. The Hall–Kier alpha value is -2.09. The fourth-order valence-corrected chi connectivity index (χ4v) is 2.34. The molecular formula is C17H16ClFN2O. The maximum Gasteiger partial charge on any atom is 0.181 e. The number of nitrogens with two attached hydrogens (primary N) is 1. The van der Waals surface area contributed by atoms with Gasteiger partial charge in [-0.1, -0.05) is 31.0 Å². The summed E-state index contributed by atoms with van der Waals surface area (Å²) in [4.78, 5) is 0. The summed E-state index contributed by atoms with van der Waals surface area (Å²) in [7, 11) is 0. The van der Waals surface area contributed by atoms with Crippen molar-refractivity contribution in [2.24, 2.45) is 5.73 Å². The largest absolute Gasteiger partial charge is 0.453 e. The van der Waals surface area contributed by atoms with E-state index in [1.165, 1.54) is 6.07 Å². The topological polar surface area (TPSA) is 59.0 Å². The first kappa shape index (κ1) is 16.3. The summed E-state index contributed by atoms with van der Waals surface area (Å²) >= 11 is 6.01. The summed E-state index contributed by atoms with van der Waals surface area (Å²) in [5.74, 6) is -0.256. The third-order valence-corrected chi connectivity index (χ3v) is 3.50. The van der Waals surface area contributed by atoms with E-state index in [0.717, 1.165) is 18.4 Å². The summed E-state index contributed by atoms with van der Waals surface area (Å²) in [5, 5.41) is 9.25. The van der Waals surface area contributed by atoms with Crippen LogP contribution in [0.15, 0.2) is 30.3 Å². The van der Waals surface area contributed by atoms with Crippen LogP contribution in [0.25, 0.3) is 0 Å². The highest BCUT2D eigenvalue weighted by Crippen LogP contribution is 2.34. The van der Waals surface area contributed by atoms with Crippen molar-refractivity contribution in [3.63, 3.8) is 0 Å². The molecule has 0 unspecified atom stereocenters. The van der Waals surface area contributed by atoms with Crippen LogP contribution in [-0.2, 0) is 13.0 Å². The molecule has 0 aliphatic rings. The standard InChI is InChI=1S/C17H16ClFN2O/c1-2-3-11-6-12(9-20)8-14(7-11)22-17-15(18)5-4-13(10-21)16(17)19/h4-8H,2-3,10,21H2,1H3. The van der Waals surface area contributed by atoms with Gasteiger partial charge in [0.05, 0.1) is 16.7 Å². The average Bonchev–Trinajstić information content (AvgIpc) is 2.51. The highest BCUT2D eigenvalue weighted by atomic mass is 35.5. The SMILES string of the molecule is CCCc1cc(C#N)cc(Oc2c(Cl)ccc(CN)c2F)c1. The van der Waals surface area contributed by atoms with Crippen molar-refractivity contribution in [2.45, 2.75) is 26.3 Å². The van der Waals surface area contributed by atoms with Crippen LogP contribution >= 0.6 is 11.6 Å². The van der Waals surface area contributed by atoms with Crippen LogP contribution in [-0.4, -0.2) is 0 Å². The number of aryl methyl sites for hydroxylation is 1. The van der Waals surface area contributed by atoms with E-state index in [1.807, 2.05) is 6.92 Å². The van der Waals surface area contributed by atoms with Crippen molar-refractivity contribution < 1.29 is 9.13 Å². The zero-order valence-electron chi connectivity index (χ0n) is 12.2. The van der Waals surface area contributed by atoms with E-state index in [9.17, 15) is 4.39 Å². The quantitative estimate of drug-likeness (QED) is 0.879. The molecule has 22 heavy (non-hydrogen) atoms. The number of ether oxygens (including phenoxy) is 1. The minimum Gasteiger partial charge on any atom is -0.453 e. The zero-order chi connectivity index (χ0) is 16.1. The molecule has 0 aliphatic carbocycles. The van der Waals surface area contributed by atoms with Gasteiger partial charge in [0.2, 0.25) is 0 Å². The van der Waals surface area contributed by atoms with Gasteiger partial charge in [0.25, 0.3) is 0 Å². The molecule has 2 N–H and O–H groups in total. The second-order valence-corrected chi connectivity index (χ2v) is 5.29. The average molecular weight is 319 g/mol. The monoisotopic (exact) mass is 318 g/mol. The predicted molar refractivity (Wildman–Crippen MR) is 84.5 cm³/mol. The highest BCUT2D eigenvalue weighted by molar-refractivity contribution is 6.32. The van der Waals surface area contributed by atoms with Gasteiger partial charge < -0.3 is 10.5 Å². The van der Waals surface area contributed by atoms with E-state index >= 15 is 0 Å². The minimum atomic E-state index is -0.575. The Balaban J connectivity index is 2.43. The Kier molecular flexibility index (Phi) is 5.37. The molecule has 2 aromatic rings. The summed E-state index contributed by atoms with van der Waals surface area (Å²) in [6.07, 6.45) is 1.75. The second-order valence-electron chi connectivity index (χ2n) is 4.88. The van der Waals surface area contributed by atoms with Gasteiger partial charge in [-0.2, -0.15) is 5.26 Å². The fourth-order valence-electron chi connectivity index (χ4n) is 2.16. The number of benzene rings is 2. The molecule has 0 aromatic heterocycles. The molecule has 0 saturated heterocycles. The lowest BCUT2D eigenvalue weighted by Gasteiger charge is -2.12. The lowest BCUT2D eigenvalue weighted by atomic mass is 10.1. The molecule has 0 atom stereocenters. The first-order valence-corrected chi connectivity index (χ1v) is 7.35. The molecule has 5 heteroatoms. The molecule has 0 amide bonds. The molecule has 0 saturated carbocycles. The molecular weight excluding hydrogens is 303 g/mol. The zero-order valence-corrected chi connectivity index (χ0v) is 13.0. The van der Waals surface area contributed by atoms with E-state index in [2.05, 4.69) is 6.07 Å². The normalized spacial score (nSPS) is 10.3. The lowest BCUT2D eigenvalue weighted by Crippen LogP contribution is -2.02. The maximum atomic E-state index is 14.3. The van der Waals surface area contributed by atoms with Crippen LogP contribution in [0, 0.1) is 17.1 Å². The van der Waals surface area contributed by atoms with Gasteiger partial charge in [-0.25, -0.2) is 4.39 Å². The van der Waals surface area contributed by atoms with Crippen LogP contribution in [0.1, 0.15) is 30.0 Å². The Morgan fingerprint density at radius 2 is 2.09 bits per heavy atom. The molecule has 0 heterocycles. The molecule has 0 bridgehead atoms. The molecule has 114 valence electrons. The summed E-state index contributed by atoms with van der Waals surface area (Å²) in [6.45, 7) is 2.10. The first-order chi connectivity index (χ1) is 10.6. The number of nitrogens with zero attached hydrogens (tertiary/aromatic N) is 1. The van der Waals surface area contributed by atoms with Gasteiger partial charge in [-0.05, 0) is 36.2 Å². The molecule has 0 spiro atoms. The number of nitriles is 1. The van der Waals surface area contributed by atoms with Crippen LogP contribution in [0.3, 0.4) is 0 Å². The number of rotatable bonds is 5. The Bertz CT molecular complexity index is 725. The van der Waals surface area contributed by atoms with Crippen molar-refractivity contribution in [3.8, 4) is 17.6 Å². The third kappa shape index (κ3) is 3.56. The van der Waals surface area contributed by atoms with Gasteiger partial charge in [0.15, 0.2) is 11.6 Å². The van der Waals surface area contributed by atoms with Gasteiger partial charge in [-0.3, -0.25) is 0 Å². The Morgan fingerprint density at radius 1 is 1.32 bits per heavy atom. The van der Waals surface area contributed by atoms with Crippen molar-refractivity contribution in [2.75, 3.05) is 0 Å². The molecule has 0 aliphatic heterocycles. The number of hydrogen-bond acceptors (Lipinski definition) is 3. The van der Waals surface area contributed by atoms with Crippen molar-refractivity contribution in [1.82, 2.24) is 0 Å². The van der Waals surface area contributed by atoms with Gasteiger partial charge in [-0.15, -0.1) is 0 Å². The highest BCUT2D eigenvalue weighted by Gasteiger charge is 2.14. The maximum absolute atomic E-state index is 14.3. The Labute approximate surface area is 134 Å². The summed E-state index contributed by atoms with van der Waals surface area (Å²) < 4.78 is 19.9. The van der Waals surface area contributed by atoms with E-state index in [-0.39, 0.29) is 17.3 Å². The summed E-state index contributed by atoms with van der Waals surface area (Å²) in [5.41, 5.74) is 7.24. The lowest BCUT2D eigenvalue weighted by molar-refractivity contribution is 0.438. The first-order valence-electron chi connectivity index (χ1n) is 6.98. The van der Waals surface area contributed by atoms with E-state index in [4.69, 9.17) is 27.3 Å². The van der Waals surface area contributed by atoms with Crippen LogP contribution in [0.5, 0.6) is 11.5 Å². The third-order valence-electron chi connectivity index (χ3n) is 3.20. The molecule has 2 rings (SSSR count). The van der Waals surface area contributed by atoms with Gasteiger partial charge in [0, 0.05) is 12.1 Å². The van der Waals surface area contributed by atoms with Crippen molar-refractivity contribution in [3.05, 3.63) is 57.9 Å². The number of hydrogen-bond donors (Lipinski definition) is 1. The van der Waals surface area contributed by atoms with Gasteiger partial charge in [0.1, 0.15) is 5.75 Å². The molecule has 0 radical (unpaired) electrons.